The van der Waals surface area contributed by atoms with Gasteiger partial charge in [0, 0.05) is 6.54 Å². The van der Waals surface area contributed by atoms with E-state index >= 15 is 0 Å². The summed E-state index contributed by atoms with van der Waals surface area (Å²) in [5.74, 6) is 3.54. The molecule has 164 valence electrons. The number of nitrogens with zero attached hydrogens (tertiary/aromatic N) is 1. The van der Waals surface area contributed by atoms with Gasteiger partial charge in [-0.2, -0.15) is 0 Å². The number of unbranched alkanes of at least 4 members (excludes halogenated alkanes) is 3. The molecule has 1 nitrogen and oxygen atoms in total. The number of hydrogen-bond donors (Lipinski definition) is 0. The van der Waals surface area contributed by atoms with Gasteiger partial charge in [0.25, 0.3) is 0 Å². The Kier molecular flexibility index (Phi) is 18.0. The van der Waals surface area contributed by atoms with Gasteiger partial charge in [0.1, 0.15) is 0 Å². The number of hydrogen-bond acceptors (Lipinski definition) is 1. The first-order valence-electron chi connectivity index (χ1n) is 12.6. The largest absolute Gasteiger partial charge is 0.303 e. The van der Waals surface area contributed by atoms with E-state index < -0.39 is 0 Å². The first-order valence-corrected chi connectivity index (χ1v) is 12.6. The summed E-state index contributed by atoms with van der Waals surface area (Å²) in [7, 11) is 0. The SMILES string of the molecule is CCCCC(CC)CN(CCCCCC(C)C)CCC(C)CCCC(C)C. The van der Waals surface area contributed by atoms with E-state index in [-0.39, 0.29) is 0 Å². The highest BCUT2D eigenvalue weighted by Gasteiger charge is 2.14. The Labute approximate surface area is 174 Å². The fourth-order valence-electron chi connectivity index (χ4n) is 4.06. The van der Waals surface area contributed by atoms with Crippen molar-refractivity contribution in [1.29, 1.82) is 0 Å². The molecule has 0 rings (SSSR count). The molecule has 0 aliphatic rings. The highest BCUT2D eigenvalue weighted by atomic mass is 15.1. The van der Waals surface area contributed by atoms with Crippen LogP contribution in [0.15, 0.2) is 0 Å². The molecule has 0 bridgehead atoms. The topological polar surface area (TPSA) is 3.24 Å². The molecule has 0 spiro atoms. The zero-order chi connectivity index (χ0) is 20.5. The second-order valence-electron chi connectivity index (χ2n) is 10.2. The molecule has 0 aliphatic heterocycles. The van der Waals surface area contributed by atoms with E-state index in [4.69, 9.17) is 0 Å². The van der Waals surface area contributed by atoms with Gasteiger partial charge >= 0.3 is 0 Å². The Morgan fingerprint density at radius 1 is 0.593 bits per heavy atom. The van der Waals surface area contributed by atoms with Gasteiger partial charge < -0.3 is 4.90 Å². The van der Waals surface area contributed by atoms with Gasteiger partial charge in [0.05, 0.1) is 0 Å². The maximum Gasteiger partial charge on any atom is 0.000956 e. The van der Waals surface area contributed by atoms with Crippen LogP contribution in [0, 0.1) is 23.7 Å². The molecule has 0 aromatic heterocycles. The maximum atomic E-state index is 2.83. The van der Waals surface area contributed by atoms with Crippen molar-refractivity contribution in [2.75, 3.05) is 19.6 Å². The molecule has 0 aromatic carbocycles. The first kappa shape index (κ1) is 27.0. The van der Waals surface area contributed by atoms with E-state index in [1.807, 2.05) is 0 Å². The van der Waals surface area contributed by atoms with E-state index in [0.29, 0.717) is 0 Å². The van der Waals surface area contributed by atoms with E-state index in [1.54, 1.807) is 0 Å². The minimum absolute atomic E-state index is 0.864. The standard InChI is InChI=1S/C26H55N/c1-8-10-18-26(9-2)22-27(20-13-11-12-15-23(3)4)21-19-25(7)17-14-16-24(5)6/h23-26H,8-22H2,1-7H3. The van der Waals surface area contributed by atoms with Crippen LogP contribution in [0.1, 0.15) is 126 Å². The zero-order valence-electron chi connectivity index (χ0n) is 20.4. The van der Waals surface area contributed by atoms with Gasteiger partial charge in [-0.15, -0.1) is 0 Å². The molecule has 0 saturated carbocycles. The molecular formula is C26H55N. The van der Waals surface area contributed by atoms with Crippen molar-refractivity contribution in [3.05, 3.63) is 0 Å². The molecule has 0 fully saturated rings. The predicted octanol–water partition coefficient (Wildman–Crippen LogP) is 8.57. The molecule has 2 unspecified atom stereocenters. The summed E-state index contributed by atoms with van der Waals surface area (Å²) in [5, 5.41) is 0. The van der Waals surface area contributed by atoms with Crippen LogP contribution < -0.4 is 0 Å². The van der Waals surface area contributed by atoms with Crippen LogP contribution in [0.5, 0.6) is 0 Å². The Morgan fingerprint density at radius 3 is 1.85 bits per heavy atom. The molecule has 0 radical (unpaired) electrons. The molecule has 27 heavy (non-hydrogen) atoms. The molecule has 2 atom stereocenters. The Hall–Kier alpha value is -0.0400. The molecular weight excluding hydrogens is 326 g/mol. The highest BCUT2D eigenvalue weighted by Crippen LogP contribution is 2.19. The van der Waals surface area contributed by atoms with Crippen LogP contribution in [0.25, 0.3) is 0 Å². The smallest absolute Gasteiger partial charge is 0.000956 e. The van der Waals surface area contributed by atoms with Crippen LogP contribution in [0.4, 0.5) is 0 Å². The van der Waals surface area contributed by atoms with Crippen molar-refractivity contribution in [2.24, 2.45) is 23.7 Å². The van der Waals surface area contributed by atoms with E-state index in [2.05, 4.69) is 53.4 Å². The van der Waals surface area contributed by atoms with Crippen molar-refractivity contribution < 1.29 is 0 Å². The van der Waals surface area contributed by atoms with Crippen molar-refractivity contribution in [3.63, 3.8) is 0 Å². The van der Waals surface area contributed by atoms with Crippen molar-refractivity contribution in [3.8, 4) is 0 Å². The first-order chi connectivity index (χ1) is 12.9. The normalized spacial score (nSPS) is 14.4. The summed E-state index contributed by atoms with van der Waals surface area (Å²) < 4.78 is 0. The van der Waals surface area contributed by atoms with Crippen LogP contribution in [0.2, 0.25) is 0 Å². The van der Waals surface area contributed by atoms with Gasteiger partial charge in [0.15, 0.2) is 0 Å². The lowest BCUT2D eigenvalue weighted by atomic mass is 9.96. The zero-order valence-corrected chi connectivity index (χ0v) is 20.4. The summed E-state index contributed by atoms with van der Waals surface area (Å²) in [6, 6.07) is 0. The van der Waals surface area contributed by atoms with E-state index in [0.717, 1.165) is 23.7 Å². The maximum absolute atomic E-state index is 2.83. The molecule has 0 amide bonds. The minimum Gasteiger partial charge on any atom is -0.303 e. The second kappa shape index (κ2) is 18.0. The lowest BCUT2D eigenvalue weighted by Gasteiger charge is -2.28. The summed E-state index contributed by atoms with van der Waals surface area (Å²) >= 11 is 0. The van der Waals surface area contributed by atoms with Crippen LogP contribution in [-0.2, 0) is 0 Å². The van der Waals surface area contributed by atoms with Gasteiger partial charge in [-0.1, -0.05) is 106 Å². The second-order valence-corrected chi connectivity index (χ2v) is 10.2. The molecule has 0 aromatic rings. The Balaban J connectivity index is 4.31. The fraction of sp³-hybridized carbons (Fsp3) is 1.00. The van der Waals surface area contributed by atoms with E-state index in [1.165, 1.54) is 96.7 Å². The minimum atomic E-state index is 0.864. The van der Waals surface area contributed by atoms with Gasteiger partial charge in [-0.05, 0) is 56.0 Å². The third-order valence-corrected chi connectivity index (χ3v) is 6.23. The lowest BCUT2D eigenvalue weighted by Crippen LogP contribution is -2.32. The van der Waals surface area contributed by atoms with Gasteiger partial charge in [-0.3, -0.25) is 0 Å². The summed E-state index contributed by atoms with van der Waals surface area (Å²) in [6.07, 6.45) is 16.8. The molecule has 0 aliphatic carbocycles. The lowest BCUT2D eigenvalue weighted by molar-refractivity contribution is 0.200. The van der Waals surface area contributed by atoms with Crippen molar-refractivity contribution in [1.82, 2.24) is 4.90 Å². The molecule has 0 N–H and O–H groups in total. The Bertz CT molecular complexity index is 297. The van der Waals surface area contributed by atoms with Crippen molar-refractivity contribution >= 4 is 0 Å². The molecule has 0 saturated heterocycles. The van der Waals surface area contributed by atoms with Crippen LogP contribution >= 0.6 is 0 Å². The highest BCUT2D eigenvalue weighted by molar-refractivity contribution is 4.68. The number of rotatable bonds is 19. The summed E-state index contributed by atoms with van der Waals surface area (Å²) in [5.41, 5.74) is 0. The van der Waals surface area contributed by atoms with Crippen LogP contribution in [0.3, 0.4) is 0 Å². The third kappa shape index (κ3) is 17.8. The third-order valence-electron chi connectivity index (χ3n) is 6.23. The average Bonchev–Trinajstić information content (AvgIpc) is 2.61. The van der Waals surface area contributed by atoms with Gasteiger partial charge in [-0.25, -0.2) is 0 Å². The van der Waals surface area contributed by atoms with Crippen LogP contribution in [-0.4, -0.2) is 24.5 Å². The molecule has 1 heteroatoms. The van der Waals surface area contributed by atoms with Crippen molar-refractivity contribution in [2.45, 2.75) is 126 Å². The quantitative estimate of drug-likeness (QED) is 0.202. The van der Waals surface area contributed by atoms with E-state index in [9.17, 15) is 0 Å². The monoisotopic (exact) mass is 381 g/mol. The average molecular weight is 382 g/mol. The summed E-state index contributed by atoms with van der Waals surface area (Å²) in [6.45, 7) is 20.6. The fourth-order valence-corrected chi connectivity index (χ4v) is 4.06. The van der Waals surface area contributed by atoms with Gasteiger partial charge in [0.2, 0.25) is 0 Å². The summed E-state index contributed by atoms with van der Waals surface area (Å²) in [4.78, 5) is 2.83. The Morgan fingerprint density at radius 2 is 1.26 bits per heavy atom. The predicted molar refractivity (Wildman–Crippen MR) is 126 cm³/mol. The molecule has 0 heterocycles.